The number of hydrogen-bond donors (Lipinski definition) is 1. The van der Waals surface area contributed by atoms with Gasteiger partial charge in [-0.1, -0.05) is 13.8 Å². The highest BCUT2D eigenvalue weighted by atomic mass is 32.2. The molecule has 19 heavy (non-hydrogen) atoms. The first kappa shape index (κ1) is 15.8. The molecule has 6 nitrogen and oxygen atoms in total. The Kier molecular flexibility index (Phi) is 5.22. The predicted molar refractivity (Wildman–Crippen MR) is 79.9 cm³/mol. The van der Waals surface area contributed by atoms with Crippen LogP contribution in [0, 0.1) is 17.0 Å². The SMILES string of the molecule is CCC(CC)(CNc1c([N+](=O)[O-])nc(C)n1C)SC. The molecule has 0 bridgehead atoms. The van der Waals surface area contributed by atoms with Gasteiger partial charge in [0.1, 0.15) is 0 Å². The summed E-state index contributed by atoms with van der Waals surface area (Å²) >= 11 is 1.80. The maximum absolute atomic E-state index is 11.0. The summed E-state index contributed by atoms with van der Waals surface area (Å²) in [6, 6.07) is 0. The molecule has 0 saturated heterocycles. The zero-order valence-electron chi connectivity index (χ0n) is 12.2. The highest BCUT2D eigenvalue weighted by Gasteiger charge is 2.28. The van der Waals surface area contributed by atoms with Crippen LogP contribution in [-0.4, -0.2) is 32.0 Å². The standard InChI is InChI=1S/C12H22N4O2S/c1-6-12(7-2,19-5)8-13-10-11(16(17)18)14-9(3)15(10)4/h13H,6-8H2,1-5H3. The van der Waals surface area contributed by atoms with E-state index in [1.807, 2.05) is 0 Å². The Balaban J connectivity index is 2.97. The van der Waals surface area contributed by atoms with E-state index >= 15 is 0 Å². The lowest BCUT2D eigenvalue weighted by Crippen LogP contribution is -2.32. The Morgan fingerprint density at radius 2 is 2.05 bits per heavy atom. The second kappa shape index (κ2) is 6.27. The lowest BCUT2D eigenvalue weighted by atomic mass is 10.0. The van der Waals surface area contributed by atoms with Gasteiger partial charge in [-0.25, -0.2) is 0 Å². The fourth-order valence-electron chi connectivity index (χ4n) is 2.02. The number of thioether (sulfide) groups is 1. The van der Waals surface area contributed by atoms with Crippen LogP contribution in [0.4, 0.5) is 11.6 Å². The number of anilines is 1. The van der Waals surface area contributed by atoms with Gasteiger partial charge in [0.25, 0.3) is 0 Å². The van der Waals surface area contributed by atoms with Gasteiger partial charge >= 0.3 is 5.82 Å². The molecule has 0 fully saturated rings. The van der Waals surface area contributed by atoms with Gasteiger partial charge in [0.2, 0.25) is 11.6 Å². The zero-order chi connectivity index (χ0) is 14.6. The van der Waals surface area contributed by atoms with Crippen LogP contribution in [0.1, 0.15) is 32.5 Å². The molecule has 0 unspecified atom stereocenters. The maximum atomic E-state index is 11.0. The van der Waals surface area contributed by atoms with Crippen molar-refractivity contribution in [3.05, 3.63) is 15.9 Å². The molecule has 1 aromatic rings. The van der Waals surface area contributed by atoms with E-state index in [0.29, 0.717) is 18.2 Å². The fourth-order valence-corrected chi connectivity index (χ4v) is 2.82. The minimum atomic E-state index is -0.437. The minimum absolute atomic E-state index is 0.0952. The van der Waals surface area contributed by atoms with Crippen molar-refractivity contribution in [2.24, 2.45) is 7.05 Å². The van der Waals surface area contributed by atoms with E-state index in [-0.39, 0.29) is 10.6 Å². The van der Waals surface area contributed by atoms with Crippen LogP contribution in [0.2, 0.25) is 0 Å². The number of aryl methyl sites for hydroxylation is 1. The van der Waals surface area contributed by atoms with Crippen molar-refractivity contribution in [2.45, 2.75) is 38.4 Å². The Bertz CT molecular complexity index is 447. The van der Waals surface area contributed by atoms with Crippen molar-refractivity contribution >= 4 is 23.4 Å². The van der Waals surface area contributed by atoms with Crippen LogP contribution in [0.25, 0.3) is 0 Å². The second-order valence-electron chi connectivity index (χ2n) is 4.60. The van der Waals surface area contributed by atoms with E-state index in [1.54, 1.807) is 30.3 Å². The smallest absolute Gasteiger partial charge is 0.363 e. The van der Waals surface area contributed by atoms with Crippen LogP contribution >= 0.6 is 11.8 Å². The van der Waals surface area contributed by atoms with Crippen LogP contribution < -0.4 is 5.32 Å². The third-order valence-electron chi connectivity index (χ3n) is 3.77. The number of imidazole rings is 1. The molecular formula is C12H22N4O2S. The van der Waals surface area contributed by atoms with Crippen molar-refractivity contribution in [1.82, 2.24) is 9.55 Å². The summed E-state index contributed by atoms with van der Waals surface area (Å²) in [4.78, 5) is 14.6. The molecule has 0 aliphatic carbocycles. The van der Waals surface area contributed by atoms with Crippen molar-refractivity contribution in [2.75, 3.05) is 18.1 Å². The molecule has 1 N–H and O–H groups in total. The largest absolute Gasteiger partial charge is 0.406 e. The maximum Gasteiger partial charge on any atom is 0.406 e. The Morgan fingerprint density at radius 1 is 1.47 bits per heavy atom. The van der Waals surface area contributed by atoms with Gasteiger partial charge in [-0.05, 0) is 29.0 Å². The summed E-state index contributed by atoms with van der Waals surface area (Å²) in [7, 11) is 1.79. The van der Waals surface area contributed by atoms with Gasteiger partial charge in [0.15, 0.2) is 0 Å². The summed E-state index contributed by atoms with van der Waals surface area (Å²) in [6.07, 6.45) is 4.11. The Hall–Kier alpha value is -1.24. The first-order valence-corrected chi connectivity index (χ1v) is 7.60. The summed E-state index contributed by atoms with van der Waals surface area (Å²) in [5.74, 6) is 1.03. The van der Waals surface area contributed by atoms with Crippen LogP contribution in [0.3, 0.4) is 0 Å². The average molecular weight is 286 g/mol. The van der Waals surface area contributed by atoms with Crippen LogP contribution in [0.15, 0.2) is 0 Å². The van der Waals surface area contributed by atoms with Gasteiger partial charge in [0.05, 0.1) is 0 Å². The Labute approximate surface area is 118 Å². The lowest BCUT2D eigenvalue weighted by molar-refractivity contribution is -0.388. The Morgan fingerprint density at radius 3 is 2.47 bits per heavy atom. The molecule has 1 aromatic heterocycles. The van der Waals surface area contributed by atoms with Crippen molar-refractivity contribution in [1.29, 1.82) is 0 Å². The third-order valence-corrected chi connectivity index (χ3v) is 5.36. The molecule has 0 spiro atoms. The molecule has 0 aromatic carbocycles. The molecule has 0 radical (unpaired) electrons. The van der Waals surface area contributed by atoms with Crippen LogP contribution in [0.5, 0.6) is 0 Å². The lowest BCUT2D eigenvalue weighted by Gasteiger charge is -2.30. The zero-order valence-corrected chi connectivity index (χ0v) is 13.0. The summed E-state index contributed by atoms with van der Waals surface area (Å²) in [6.45, 7) is 6.75. The van der Waals surface area contributed by atoms with Crippen molar-refractivity contribution in [3.63, 3.8) is 0 Å². The highest BCUT2D eigenvalue weighted by Crippen LogP contribution is 2.32. The molecule has 7 heteroatoms. The van der Waals surface area contributed by atoms with Gasteiger partial charge in [0, 0.05) is 25.3 Å². The summed E-state index contributed by atoms with van der Waals surface area (Å²) in [5.41, 5.74) is 0. The van der Waals surface area contributed by atoms with E-state index in [0.717, 1.165) is 12.8 Å². The minimum Gasteiger partial charge on any atom is -0.363 e. The number of rotatable bonds is 7. The van der Waals surface area contributed by atoms with Gasteiger partial charge in [-0.3, -0.25) is 4.57 Å². The predicted octanol–water partition coefficient (Wildman–Crippen LogP) is 2.97. The van der Waals surface area contributed by atoms with Crippen LogP contribution in [-0.2, 0) is 7.05 Å². The molecule has 0 aliphatic rings. The van der Waals surface area contributed by atoms with E-state index in [1.165, 1.54) is 0 Å². The molecule has 0 amide bonds. The van der Waals surface area contributed by atoms with E-state index in [2.05, 4.69) is 30.4 Å². The number of nitro groups is 1. The average Bonchev–Trinajstić information content (AvgIpc) is 2.69. The number of nitrogens with one attached hydrogen (secondary N) is 1. The van der Waals surface area contributed by atoms with Crippen molar-refractivity contribution in [3.8, 4) is 0 Å². The number of hydrogen-bond acceptors (Lipinski definition) is 5. The summed E-state index contributed by atoms with van der Waals surface area (Å²) < 4.78 is 1.83. The van der Waals surface area contributed by atoms with Gasteiger partial charge < -0.3 is 15.4 Å². The molecule has 0 saturated carbocycles. The molecule has 1 heterocycles. The normalized spacial score (nSPS) is 11.6. The third kappa shape index (κ3) is 3.20. The molecule has 0 aliphatic heterocycles. The van der Waals surface area contributed by atoms with E-state index in [4.69, 9.17) is 0 Å². The molecule has 1 rings (SSSR count). The van der Waals surface area contributed by atoms with E-state index in [9.17, 15) is 10.1 Å². The topological polar surface area (TPSA) is 73.0 Å². The first-order chi connectivity index (χ1) is 8.90. The molecule has 0 atom stereocenters. The first-order valence-electron chi connectivity index (χ1n) is 6.37. The number of aromatic nitrogens is 2. The van der Waals surface area contributed by atoms with Crippen molar-refractivity contribution < 1.29 is 4.92 Å². The van der Waals surface area contributed by atoms with E-state index < -0.39 is 4.92 Å². The quantitative estimate of drug-likeness (QED) is 0.616. The monoisotopic (exact) mass is 286 g/mol. The molecule has 108 valence electrons. The van der Waals surface area contributed by atoms with Gasteiger partial charge in [-0.15, -0.1) is 0 Å². The fraction of sp³-hybridized carbons (Fsp3) is 0.750. The highest BCUT2D eigenvalue weighted by molar-refractivity contribution is 8.00. The number of nitrogens with zero attached hydrogens (tertiary/aromatic N) is 3. The summed E-state index contributed by atoms with van der Waals surface area (Å²) in [5, 5.41) is 14.2. The second-order valence-corrected chi connectivity index (χ2v) is 5.87. The van der Waals surface area contributed by atoms with Gasteiger partial charge in [-0.2, -0.15) is 11.8 Å². The molecular weight excluding hydrogens is 264 g/mol.